The van der Waals surface area contributed by atoms with Crippen molar-refractivity contribution in [2.45, 2.75) is 58.0 Å². The first-order valence-electron chi connectivity index (χ1n) is 12.2. The minimum absolute atomic E-state index is 0.0289. The highest BCUT2D eigenvalue weighted by molar-refractivity contribution is 6.00. The molecule has 188 valence electrons. The number of nitrogens with zero attached hydrogens (tertiary/aromatic N) is 4. The van der Waals surface area contributed by atoms with Crippen molar-refractivity contribution < 1.29 is 9.32 Å². The number of aromatic nitrogens is 5. The van der Waals surface area contributed by atoms with Gasteiger partial charge in [0.15, 0.2) is 11.5 Å². The molecule has 10 heteroatoms. The average Bonchev–Trinajstić information content (AvgIpc) is 3.60. The summed E-state index contributed by atoms with van der Waals surface area (Å²) in [4.78, 5) is 21.6. The Hall–Kier alpha value is -3.79. The quantitative estimate of drug-likeness (QED) is 0.322. The lowest BCUT2D eigenvalue weighted by atomic mass is 9.92. The molecule has 0 radical (unpaired) electrons. The first kappa shape index (κ1) is 23.9. The number of H-pyrrole nitrogens is 1. The van der Waals surface area contributed by atoms with Gasteiger partial charge in [0.1, 0.15) is 0 Å². The summed E-state index contributed by atoms with van der Waals surface area (Å²) in [6, 6.07) is 10.5. The Kier molecular flexibility index (Phi) is 5.99. The van der Waals surface area contributed by atoms with Gasteiger partial charge in [0.05, 0.1) is 10.9 Å². The van der Waals surface area contributed by atoms with Gasteiger partial charge >= 0.3 is 0 Å². The monoisotopic (exact) mass is 488 g/mol. The molecule has 0 unspecified atom stereocenters. The van der Waals surface area contributed by atoms with Gasteiger partial charge in [0.2, 0.25) is 5.89 Å². The van der Waals surface area contributed by atoms with E-state index in [0.29, 0.717) is 11.9 Å². The summed E-state index contributed by atoms with van der Waals surface area (Å²) < 4.78 is 5.27. The molecule has 1 amide bonds. The van der Waals surface area contributed by atoms with Crippen molar-refractivity contribution in [3.8, 4) is 11.1 Å². The first-order chi connectivity index (χ1) is 17.1. The van der Waals surface area contributed by atoms with Crippen molar-refractivity contribution in [3.05, 3.63) is 53.8 Å². The van der Waals surface area contributed by atoms with Gasteiger partial charge in [-0.2, -0.15) is 10.1 Å². The van der Waals surface area contributed by atoms with Crippen LogP contribution in [-0.2, 0) is 11.0 Å². The van der Waals surface area contributed by atoms with E-state index < -0.39 is 5.54 Å². The zero-order valence-electron chi connectivity index (χ0n) is 21.3. The lowest BCUT2D eigenvalue weighted by molar-refractivity contribution is 0.0898. The van der Waals surface area contributed by atoms with Crippen LogP contribution in [0.3, 0.4) is 0 Å². The topological polar surface area (TPSA) is 134 Å². The van der Waals surface area contributed by atoms with Crippen molar-refractivity contribution in [1.29, 1.82) is 0 Å². The predicted molar refractivity (Wildman–Crippen MR) is 138 cm³/mol. The molecule has 3 aromatic heterocycles. The molecule has 36 heavy (non-hydrogen) atoms. The highest BCUT2D eigenvalue weighted by atomic mass is 16.5. The number of benzene rings is 1. The maximum Gasteiger partial charge on any atom is 0.293 e. The second kappa shape index (κ2) is 9.02. The van der Waals surface area contributed by atoms with Crippen LogP contribution >= 0.6 is 0 Å². The van der Waals surface area contributed by atoms with Crippen LogP contribution in [0, 0.1) is 0 Å². The van der Waals surface area contributed by atoms with E-state index in [-0.39, 0.29) is 17.1 Å². The zero-order valence-corrected chi connectivity index (χ0v) is 21.3. The predicted octanol–water partition coefficient (Wildman–Crippen LogP) is 3.74. The minimum Gasteiger partial charge on any atom is -0.364 e. The molecule has 1 atom stereocenters. The second-order valence-corrected chi connectivity index (χ2v) is 10.8. The molecule has 1 aliphatic heterocycles. The van der Waals surface area contributed by atoms with E-state index in [2.05, 4.69) is 53.4 Å². The molecular weight excluding hydrogens is 456 g/mol. The largest absolute Gasteiger partial charge is 0.364 e. The molecule has 4 N–H and O–H groups in total. The molecule has 0 aliphatic carbocycles. The van der Waals surface area contributed by atoms with Gasteiger partial charge in [-0.05, 0) is 49.6 Å². The summed E-state index contributed by atoms with van der Waals surface area (Å²) >= 11 is 0. The lowest BCUT2D eigenvalue weighted by Gasteiger charge is -2.26. The van der Waals surface area contributed by atoms with Crippen LogP contribution in [0.1, 0.15) is 63.1 Å². The number of rotatable bonds is 6. The number of fused-ring (bicyclic) bond motifs is 1. The van der Waals surface area contributed by atoms with Gasteiger partial charge in [0, 0.05) is 24.2 Å². The number of hydrogen-bond donors (Lipinski definition) is 4. The third kappa shape index (κ3) is 4.68. The molecule has 0 spiro atoms. The molecule has 1 aromatic carbocycles. The smallest absolute Gasteiger partial charge is 0.293 e. The molecule has 1 saturated heterocycles. The van der Waals surface area contributed by atoms with Crippen molar-refractivity contribution in [1.82, 2.24) is 36.0 Å². The Bertz CT molecular complexity index is 1380. The maximum absolute atomic E-state index is 12.8. The Balaban J connectivity index is 1.37. The Morgan fingerprint density at radius 1 is 1.11 bits per heavy atom. The third-order valence-electron chi connectivity index (χ3n) is 6.48. The van der Waals surface area contributed by atoms with Crippen LogP contribution in [0.15, 0.2) is 41.1 Å². The number of pyridine rings is 1. The molecule has 4 heterocycles. The van der Waals surface area contributed by atoms with Crippen LogP contribution in [0.4, 0.5) is 5.82 Å². The fraction of sp³-hybridized carbons (Fsp3) is 0.423. The van der Waals surface area contributed by atoms with Crippen molar-refractivity contribution >= 4 is 22.8 Å². The van der Waals surface area contributed by atoms with Crippen molar-refractivity contribution in [3.63, 3.8) is 0 Å². The van der Waals surface area contributed by atoms with Crippen LogP contribution in [0.2, 0.25) is 0 Å². The zero-order chi connectivity index (χ0) is 25.5. The van der Waals surface area contributed by atoms with E-state index in [0.717, 1.165) is 53.1 Å². The second-order valence-electron chi connectivity index (χ2n) is 10.8. The molecule has 1 fully saturated rings. The maximum atomic E-state index is 12.8. The minimum atomic E-state index is -0.649. The summed E-state index contributed by atoms with van der Waals surface area (Å²) in [6.07, 6.45) is 2.84. The molecule has 4 aromatic rings. The summed E-state index contributed by atoms with van der Waals surface area (Å²) in [6.45, 7) is 11.7. The Labute approximate surface area is 209 Å². The van der Waals surface area contributed by atoms with Gasteiger partial charge in [0.25, 0.3) is 11.7 Å². The number of amides is 1. The van der Waals surface area contributed by atoms with E-state index in [1.165, 1.54) is 0 Å². The summed E-state index contributed by atoms with van der Waals surface area (Å²) in [7, 11) is 0. The van der Waals surface area contributed by atoms with Gasteiger partial charge < -0.3 is 20.5 Å². The number of anilines is 1. The highest BCUT2D eigenvalue weighted by Crippen LogP contribution is 2.33. The normalized spacial score (nSPS) is 16.4. The van der Waals surface area contributed by atoms with Crippen LogP contribution in [0.5, 0.6) is 0 Å². The van der Waals surface area contributed by atoms with E-state index in [1.807, 2.05) is 52.8 Å². The van der Waals surface area contributed by atoms with E-state index in [1.54, 1.807) is 6.20 Å². The standard InChI is InChI=1S/C26H32N8O2/c1-25(2,3)24-30-22(34-36-24)23(35)31-26(4,5)16-8-6-15(7-9-16)18-11-13-28-20-19(18)21(33-32-20)29-17-10-12-27-14-17/h6-9,11,13,17,27H,10,12,14H2,1-5H3,(H,31,35)(H2,28,29,32,33)/t17-/m1/s1. The first-order valence-corrected chi connectivity index (χ1v) is 12.2. The fourth-order valence-corrected chi connectivity index (χ4v) is 4.37. The molecule has 1 aliphatic rings. The van der Waals surface area contributed by atoms with Gasteiger partial charge in [-0.15, -0.1) is 0 Å². The van der Waals surface area contributed by atoms with E-state index in [4.69, 9.17) is 4.52 Å². The Morgan fingerprint density at radius 3 is 2.56 bits per heavy atom. The molecular formula is C26H32N8O2. The summed E-state index contributed by atoms with van der Waals surface area (Å²) in [5, 5.41) is 22.3. The average molecular weight is 489 g/mol. The van der Waals surface area contributed by atoms with Crippen molar-refractivity contribution in [2.24, 2.45) is 0 Å². The number of aromatic amines is 1. The van der Waals surface area contributed by atoms with Crippen LogP contribution in [-0.4, -0.2) is 50.4 Å². The summed E-state index contributed by atoms with van der Waals surface area (Å²) in [5.74, 6) is 0.889. The molecule has 0 saturated carbocycles. The SMILES string of the molecule is CC(C)(C)c1nc(C(=O)NC(C)(C)c2ccc(-c3ccnc4[nH]nc(N[C@@H]5CCNC5)c34)cc2)no1. The number of carbonyl (C=O) groups excluding carboxylic acids is 1. The lowest BCUT2D eigenvalue weighted by Crippen LogP contribution is -2.41. The third-order valence-corrected chi connectivity index (χ3v) is 6.48. The molecule has 10 nitrogen and oxygen atoms in total. The number of nitrogens with one attached hydrogen (secondary N) is 4. The number of carbonyl (C=O) groups is 1. The molecule has 0 bridgehead atoms. The number of hydrogen-bond acceptors (Lipinski definition) is 8. The van der Waals surface area contributed by atoms with Crippen molar-refractivity contribution in [2.75, 3.05) is 18.4 Å². The van der Waals surface area contributed by atoms with Gasteiger partial charge in [-0.1, -0.05) is 50.2 Å². The molecule has 5 rings (SSSR count). The fourth-order valence-electron chi connectivity index (χ4n) is 4.37. The van der Waals surface area contributed by atoms with E-state index >= 15 is 0 Å². The highest BCUT2D eigenvalue weighted by Gasteiger charge is 2.29. The van der Waals surface area contributed by atoms with Gasteiger partial charge in [-0.25, -0.2) is 4.98 Å². The Morgan fingerprint density at radius 2 is 1.89 bits per heavy atom. The van der Waals surface area contributed by atoms with Crippen LogP contribution in [0.25, 0.3) is 22.2 Å². The van der Waals surface area contributed by atoms with E-state index in [9.17, 15) is 4.79 Å². The van der Waals surface area contributed by atoms with Gasteiger partial charge in [-0.3, -0.25) is 9.89 Å². The van der Waals surface area contributed by atoms with Crippen LogP contribution < -0.4 is 16.0 Å². The summed E-state index contributed by atoms with van der Waals surface area (Å²) in [5.41, 5.74) is 2.80.